The number of rotatable bonds is 6. The van der Waals surface area contributed by atoms with Crippen LogP contribution in [-0.2, 0) is 22.5 Å². The van der Waals surface area contributed by atoms with Crippen molar-refractivity contribution in [3.63, 3.8) is 0 Å². The molecule has 1 aromatic carbocycles. The Morgan fingerprint density at radius 3 is 2.87 bits per heavy atom. The minimum Gasteiger partial charge on any atom is -0.467 e. The summed E-state index contributed by atoms with van der Waals surface area (Å²) in [5.74, 6) is 0.782. The van der Waals surface area contributed by atoms with Crippen molar-refractivity contribution in [3.05, 3.63) is 60.1 Å². The molecule has 5 nitrogen and oxygen atoms in total. The van der Waals surface area contributed by atoms with Gasteiger partial charge in [0.15, 0.2) is 0 Å². The van der Waals surface area contributed by atoms with Gasteiger partial charge in [-0.15, -0.1) is 0 Å². The summed E-state index contributed by atoms with van der Waals surface area (Å²) in [7, 11) is 0. The van der Waals surface area contributed by atoms with Crippen molar-refractivity contribution in [3.8, 4) is 0 Å². The number of carbonyl (C=O) groups is 1. The first-order chi connectivity index (χ1) is 11.3. The van der Waals surface area contributed by atoms with Gasteiger partial charge in [-0.3, -0.25) is 9.69 Å². The van der Waals surface area contributed by atoms with E-state index in [2.05, 4.69) is 22.3 Å². The van der Waals surface area contributed by atoms with Gasteiger partial charge in [-0.25, -0.2) is 0 Å². The van der Waals surface area contributed by atoms with Gasteiger partial charge < -0.3 is 14.5 Å². The molecule has 1 fully saturated rings. The number of nitrogens with one attached hydrogen (secondary N) is 1. The van der Waals surface area contributed by atoms with E-state index in [9.17, 15) is 4.79 Å². The number of amides is 1. The van der Waals surface area contributed by atoms with E-state index in [1.54, 1.807) is 6.26 Å². The molecule has 1 aliphatic heterocycles. The van der Waals surface area contributed by atoms with E-state index < -0.39 is 0 Å². The van der Waals surface area contributed by atoms with Crippen molar-refractivity contribution in [2.45, 2.75) is 19.1 Å². The molecule has 1 amide bonds. The molecule has 1 aromatic heterocycles. The Bertz CT molecular complexity index is 598. The van der Waals surface area contributed by atoms with Gasteiger partial charge in [0.25, 0.3) is 0 Å². The van der Waals surface area contributed by atoms with E-state index in [1.807, 2.05) is 30.3 Å². The summed E-state index contributed by atoms with van der Waals surface area (Å²) in [6, 6.07) is 14.0. The lowest BCUT2D eigenvalue weighted by atomic mass is 10.1. The van der Waals surface area contributed by atoms with Crippen molar-refractivity contribution in [2.24, 2.45) is 0 Å². The normalized spacial score (nSPS) is 18.7. The summed E-state index contributed by atoms with van der Waals surface area (Å²) in [5.41, 5.74) is 1.27. The van der Waals surface area contributed by atoms with Gasteiger partial charge in [0.05, 0.1) is 32.1 Å². The van der Waals surface area contributed by atoms with E-state index in [4.69, 9.17) is 9.15 Å². The number of carbonyl (C=O) groups excluding carboxylic acids is 1. The SMILES string of the molecule is O=C(CN1CCO[C@H](Cc2ccccc2)C1)NCc1ccco1. The van der Waals surface area contributed by atoms with Crippen molar-refractivity contribution in [2.75, 3.05) is 26.2 Å². The number of hydrogen-bond donors (Lipinski definition) is 1. The van der Waals surface area contributed by atoms with Gasteiger partial charge in [-0.2, -0.15) is 0 Å². The van der Waals surface area contributed by atoms with Crippen LogP contribution in [0.4, 0.5) is 0 Å². The van der Waals surface area contributed by atoms with Crippen LogP contribution >= 0.6 is 0 Å². The topological polar surface area (TPSA) is 54.7 Å². The third-order valence-electron chi connectivity index (χ3n) is 3.94. The summed E-state index contributed by atoms with van der Waals surface area (Å²) in [5, 5.41) is 2.88. The molecule has 0 radical (unpaired) electrons. The molecule has 1 saturated heterocycles. The average molecular weight is 314 g/mol. The Labute approximate surface area is 136 Å². The summed E-state index contributed by atoms with van der Waals surface area (Å²) < 4.78 is 11.0. The number of hydrogen-bond acceptors (Lipinski definition) is 4. The summed E-state index contributed by atoms with van der Waals surface area (Å²) >= 11 is 0. The lowest BCUT2D eigenvalue weighted by Gasteiger charge is -2.32. The van der Waals surface area contributed by atoms with Crippen LogP contribution in [0.25, 0.3) is 0 Å². The molecule has 2 heterocycles. The fraction of sp³-hybridized carbons (Fsp3) is 0.389. The monoisotopic (exact) mass is 314 g/mol. The molecule has 1 aliphatic rings. The number of ether oxygens (including phenoxy) is 1. The number of furan rings is 1. The zero-order valence-corrected chi connectivity index (χ0v) is 13.1. The van der Waals surface area contributed by atoms with Crippen LogP contribution in [0.2, 0.25) is 0 Å². The number of morpholine rings is 1. The molecule has 0 saturated carbocycles. The maximum absolute atomic E-state index is 12.0. The van der Waals surface area contributed by atoms with Gasteiger partial charge in [0.1, 0.15) is 5.76 Å². The van der Waals surface area contributed by atoms with E-state index in [0.717, 1.165) is 25.3 Å². The molecule has 23 heavy (non-hydrogen) atoms. The fourth-order valence-corrected chi connectivity index (χ4v) is 2.78. The van der Waals surface area contributed by atoms with Crippen LogP contribution in [0.15, 0.2) is 53.1 Å². The van der Waals surface area contributed by atoms with Crippen molar-refractivity contribution < 1.29 is 13.9 Å². The lowest BCUT2D eigenvalue weighted by molar-refractivity contribution is -0.124. The Kier molecular flexibility index (Phi) is 5.45. The highest BCUT2D eigenvalue weighted by atomic mass is 16.5. The first-order valence-electron chi connectivity index (χ1n) is 7.96. The van der Waals surface area contributed by atoms with Gasteiger partial charge in [0, 0.05) is 13.1 Å². The lowest BCUT2D eigenvalue weighted by Crippen LogP contribution is -2.47. The standard InChI is InChI=1S/C18H22N2O3/c21-18(19-12-16-7-4-9-22-16)14-20-8-10-23-17(13-20)11-15-5-2-1-3-6-15/h1-7,9,17H,8,10-14H2,(H,19,21)/t17-/m1/s1. The predicted molar refractivity (Wildman–Crippen MR) is 86.9 cm³/mol. The van der Waals surface area contributed by atoms with Crippen LogP contribution in [0, 0.1) is 0 Å². The molecule has 5 heteroatoms. The highest BCUT2D eigenvalue weighted by molar-refractivity contribution is 5.77. The van der Waals surface area contributed by atoms with E-state index in [0.29, 0.717) is 19.7 Å². The Morgan fingerprint density at radius 2 is 2.09 bits per heavy atom. The first kappa shape index (κ1) is 15.8. The van der Waals surface area contributed by atoms with Gasteiger partial charge >= 0.3 is 0 Å². The minimum atomic E-state index is 0.0155. The molecule has 122 valence electrons. The molecule has 0 bridgehead atoms. The van der Waals surface area contributed by atoms with Crippen LogP contribution < -0.4 is 5.32 Å². The molecule has 0 unspecified atom stereocenters. The largest absolute Gasteiger partial charge is 0.467 e. The van der Waals surface area contributed by atoms with Crippen molar-refractivity contribution >= 4 is 5.91 Å². The van der Waals surface area contributed by atoms with E-state index in [-0.39, 0.29) is 12.0 Å². The van der Waals surface area contributed by atoms with Crippen molar-refractivity contribution in [1.82, 2.24) is 10.2 Å². The van der Waals surface area contributed by atoms with E-state index >= 15 is 0 Å². The van der Waals surface area contributed by atoms with E-state index in [1.165, 1.54) is 5.56 Å². The Morgan fingerprint density at radius 1 is 1.22 bits per heavy atom. The summed E-state index contributed by atoms with van der Waals surface area (Å²) in [4.78, 5) is 14.2. The van der Waals surface area contributed by atoms with Gasteiger partial charge in [-0.1, -0.05) is 30.3 Å². The van der Waals surface area contributed by atoms with Gasteiger partial charge in [0.2, 0.25) is 5.91 Å². The third-order valence-corrected chi connectivity index (χ3v) is 3.94. The molecular weight excluding hydrogens is 292 g/mol. The average Bonchev–Trinajstić information content (AvgIpc) is 3.08. The van der Waals surface area contributed by atoms with Gasteiger partial charge in [-0.05, 0) is 24.1 Å². The molecule has 1 N–H and O–H groups in total. The van der Waals surface area contributed by atoms with Crippen LogP contribution in [0.1, 0.15) is 11.3 Å². The highest BCUT2D eigenvalue weighted by Crippen LogP contribution is 2.11. The quantitative estimate of drug-likeness (QED) is 0.884. The second-order valence-electron chi connectivity index (χ2n) is 5.77. The number of nitrogens with zero attached hydrogens (tertiary/aromatic N) is 1. The summed E-state index contributed by atoms with van der Waals surface area (Å²) in [6.07, 6.45) is 2.63. The van der Waals surface area contributed by atoms with Crippen LogP contribution in [-0.4, -0.2) is 43.2 Å². The zero-order valence-electron chi connectivity index (χ0n) is 13.1. The first-order valence-corrected chi connectivity index (χ1v) is 7.96. The van der Waals surface area contributed by atoms with Crippen LogP contribution in [0.5, 0.6) is 0 Å². The predicted octanol–water partition coefficient (Wildman–Crippen LogP) is 1.84. The maximum atomic E-state index is 12.0. The second-order valence-corrected chi connectivity index (χ2v) is 5.77. The maximum Gasteiger partial charge on any atom is 0.234 e. The fourth-order valence-electron chi connectivity index (χ4n) is 2.78. The highest BCUT2D eigenvalue weighted by Gasteiger charge is 2.22. The Balaban J connectivity index is 1.43. The molecular formula is C18H22N2O3. The molecule has 1 atom stereocenters. The second kappa shape index (κ2) is 7.94. The van der Waals surface area contributed by atoms with Crippen molar-refractivity contribution in [1.29, 1.82) is 0 Å². The Hall–Kier alpha value is -2.11. The van der Waals surface area contributed by atoms with Crippen LogP contribution in [0.3, 0.4) is 0 Å². The molecule has 0 aliphatic carbocycles. The zero-order chi connectivity index (χ0) is 15.9. The molecule has 2 aromatic rings. The minimum absolute atomic E-state index is 0.0155. The number of benzene rings is 1. The molecule has 0 spiro atoms. The third kappa shape index (κ3) is 4.94. The summed E-state index contributed by atoms with van der Waals surface area (Å²) in [6.45, 7) is 3.07. The smallest absolute Gasteiger partial charge is 0.234 e. The molecule has 3 rings (SSSR count).